The first-order valence-electron chi connectivity index (χ1n) is 7.67. The molecule has 2 aromatic carbocycles. The Morgan fingerprint density at radius 1 is 1.21 bits per heavy atom. The standard InChI is InChI=1S/C18H17FN2O3/c1-24-15-7-5-14(6-8-15)21-17(22)10-16(18(21)23)20-11-12-3-2-4-13(19)9-12/h2-9,16,20H,10-11H2,1H3/p+1/t16-/m1/s1. The predicted octanol–water partition coefficient (Wildman–Crippen LogP) is 1.23. The number of carbonyl (C=O) groups excluding carboxylic acids is 2. The molecule has 0 aromatic heterocycles. The minimum atomic E-state index is -0.483. The van der Waals surface area contributed by atoms with E-state index >= 15 is 0 Å². The number of ether oxygens (including phenoxy) is 1. The van der Waals surface area contributed by atoms with Crippen LogP contribution >= 0.6 is 0 Å². The van der Waals surface area contributed by atoms with E-state index in [1.54, 1.807) is 48.8 Å². The summed E-state index contributed by atoms with van der Waals surface area (Å²) in [6.45, 7) is 0.442. The van der Waals surface area contributed by atoms with E-state index in [4.69, 9.17) is 4.74 Å². The van der Waals surface area contributed by atoms with Crippen LogP contribution in [-0.4, -0.2) is 25.0 Å². The molecule has 0 bridgehead atoms. The summed E-state index contributed by atoms with van der Waals surface area (Å²) < 4.78 is 18.3. The van der Waals surface area contributed by atoms with Crippen molar-refractivity contribution in [2.75, 3.05) is 12.0 Å². The van der Waals surface area contributed by atoms with Crippen LogP contribution in [0.15, 0.2) is 48.5 Å². The molecule has 1 saturated heterocycles. The molecule has 124 valence electrons. The van der Waals surface area contributed by atoms with Crippen molar-refractivity contribution in [3.05, 3.63) is 59.9 Å². The second kappa shape index (κ2) is 6.80. The Balaban J connectivity index is 1.69. The van der Waals surface area contributed by atoms with Gasteiger partial charge in [0, 0.05) is 5.56 Å². The molecule has 2 amide bonds. The first-order valence-corrected chi connectivity index (χ1v) is 7.67. The molecule has 0 saturated carbocycles. The second-order valence-electron chi connectivity index (χ2n) is 5.65. The van der Waals surface area contributed by atoms with Gasteiger partial charge in [0.15, 0.2) is 6.04 Å². The molecule has 1 heterocycles. The number of imide groups is 1. The first kappa shape index (κ1) is 16.1. The fourth-order valence-electron chi connectivity index (χ4n) is 2.78. The zero-order valence-corrected chi connectivity index (χ0v) is 13.2. The summed E-state index contributed by atoms with van der Waals surface area (Å²) in [5.41, 5.74) is 1.31. The molecule has 1 fully saturated rings. The highest BCUT2D eigenvalue weighted by Crippen LogP contribution is 2.24. The zero-order chi connectivity index (χ0) is 17.1. The van der Waals surface area contributed by atoms with Crippen LogP contribution in [0.5, 0.6) is 5.75 Å². The Labute approximate surface area is 139 Å². The maximum absolute atomic E-state index is 13.2. The molecule has 2 N–H and O–H groups in total. The van der Waals surface area contributed by atoms with Crippen molar-refractivity contribution in [3.63, 3.8) is 0 Å². The smallest absolute Gasteiger partial charge is 0.292 e. The molecule has 1 aliphatic rings. The number of amides is 2. The van der Waals surface area contributed by atoms with Crippen LogP contribution in [-0.2, 0) is 16.1 Å². The molecule has 5 nitrogen and oxygen atoms in total. The number of hydrogen-bond donors (Lipinski definition) is 1. The summed E-state index contributed by atoms with van der Waals surface area (Å²) in [5.74, 6) is -0.131. The Morgan fingerprint density at radius 2 is 1.96 bits per heavy atom. The quantitative estimate of drug-likeness (QED) is 0.839. The van der Waals surface area contributed by atoms with E-state index in [0.29, 0.717) is 18.0 Å². The Kier molecular flexibility index (Phi) is 4.57. The Hall–Kier alpha value is -2.73. The van der Waals surface area contributed by atoms with Crippen LogP contribution in [0.2, 0.25) is 0 Å². The average Bonchev–Trinajstić information content (AvgIpc) is 2.87. The molecule has 6 heteroatoms. The summed E-state index contributed by atoms with van der Waals surface area (Å²) in [6, 6.07) is 12.5. The monoisotopic (exact) mass is 329 g/mol. The number of hydrogen-bond acceptors (Lipinski definition) is 3. The van der Waals surface area contributed by atoms with Crippen molar-refractivity contribution in [3.8, 4) is 5.75 Å². The number of halogens is 1. The van der Waals surface area contributed by atoms with Crippen LogP contribution < -0.4 is 15.0 Å². The molecule has 0 unspecified atom stereocenters. The minimum Gasteiger partial charge on any atom is -0.497 e. The largest absolute Gasteiger partial charge is 0.497 e. The maximum Gasteiger partial charge on any atom is 0.292 e. The van der Waals surface area contributed by atoms with Crippen molar-refractivity contribution in [2.24, 2.45) is 0 Å². The summed E-state index contributed by atoms with van der Waals surface area (Å²) >= 11 is 0. The number of rotatable bonds is 5. The molecule has 2 aromatic rings. The molecule has 1 atom stereocenters. The van der Waals surface area contributed by atoms with Crippen LogP contribution in [0, 0.1) is 5.82 Å². The fourth-order valence-corrected chi connectivity index (χ4v) is 2.78. The van der Waals surface area contributed by atoms with Gasteiger partial charge in [0.1, 0.15) is 18.1 Å². The highest BCUT2D eigenvalue weighted by molar-refractivity contribution is 6.21. The highest BCUT2D eigenvalue weighted by atomic mass is 19.1. The fraction of sp³-hybridized carbons (Fsp3) is 0.222. The van der Waals surface area contributed by atoms with Crippen LogP contribution in [0.25, 0.3) is 0 Å². The van der Waals surface area contributed by atoms with E-state index in [1.165, 1.54) is 17.0 Å². The SMILES string of the molecule is COc1ccc(N2C(=O)C[C@@H]([NH2+]Cc3cccc(F)c3)C2=O)cc1. The van der Waals surface area contributed by atoms with Gasteiger partial charge in [0.05, 0.1) is 19.2 Å². The molecule has 0 spiro atoms. The molecular weight excluding hydrogens is 311 g/mol. The van der Waals surface area contributed by atoms with Crippen molar-refractivity contribution in [1.82, 2.24) is 0 Å². The third-order valence-electron chi connectivity index (χ3n) is 4.04. The zero-order valence-electron chi connectivity index (χ0n) is 13.2. The van der Waals surface area contributed by atoms with Crippen molar-refractivity contribution >= 4 is 17.5 Å². The second-order valence-corrected chi connectivity index (χ2v) is 5.65. The third kappa shape index (κ3) is 3.28. The van der Waals surface area contributed by atoms with Crippen LogP contribution in [0.3, 0.4) is 0 Å². The lowest BCUT2D eigenvalue weighted by Crippen LogP contribution is -2.90. The lowest BCUT2D eigenvalue weighted by molar-refractivity contribution is -0.690. The number of anilines is 1. The van der Waals surface area contributed by atoms with Gasteiger partial charge in [0.2, 0.25) is 5.91 Å². The minimum absolute atomic E-state index is 0.139. The predicted molar refractivity (Wildman–Crippen MR) is 85.9 cm³/mol. The number of carbonyl (C=O) groups is 2. The molecule has 3 rings (SSSR count). The molecular formula is C18H18FN2O3+. The average molecular weight is 329 g/mol. The van der Waals surface area contributed by atoms with Gasteiger partial charge >= 0.3 is 0 Å². The number of methoxy groups -OCH3 is 1. The van der Waals surface area contributed by atoms with Gasteiger partial charge in [-0.15, -0.1) is 0 Å². The normalized spacial score (nSPS) is 17.4. The van der Waals surface area contributed by atoms with Gasteiger partial charge in [0.25, 0.3) is 5.91 Å². The lowest BCUT2D eigenvalue weighted by atomic mass is 10.2. The van der Waals surface area contributed by atoms with Crippen molar-refractivity contribution in [2.45, 2.75) is 19.0 Å². The van der Waals surface area contributed by atoms with Gasteiger partial charge in [-0.05, 0) is 36.4 Å². The lowest BCUT2D eigenvalue weighted by Gasteiger charge is -2.14. The number of quaternary nitrogens is 1. The van der Waals surface area contributed by atoms with Gasteiger partial charge in [-0.1, -0.05) is 12.1 Å². The topological polar surface area (TPSA) is 63.2 Å². The van der Waals surface area contributed by atoms with Gasteiger partial charge in [-0.3, -0.25) is 9.59 Å². The van der Waals surface area contributed by atoms with E-state index in [-0.39, 0.29) is 24.1 Å². The van der Waals surface area contributed by atoms with Gasteiger partial charge in [-0.2, -0.15) is 0 Å². The van der Waals surface area contributed by atoms with E-state index in [2.05, 4.69) is 0 Å². The van der Waals surface area contributed by atoms with Gasteiger partial charge < -0.3 is 10.1 Å². The third-order valence-corrected chi connectivity index (χ3v) is 4.04. The molecule has 0 radical (unpaired) electrons. The Morgan fingerprint density at radius 3 is 2.62 bits per heavy atom. The number of benzene rings is 2. The van der Waals surface area contributed by atoms with E-state index < -0.39 is 6.04 Å². The molecule has 0 aliphatic carbocycles. The van der Waals surface area contributed by atoms with Crippen molar-refractivity contribution < 1.29 is 24.0 Å². The summed E-state index contributed by atoms with van der Waals surface area (Å²) in [7, 11) is 1.55. The summed E-state index contributed by atoms with van der Waals surface area (Å²) in [5, 5.41) is 1.78. The van der Waals surface area contributed by atoms with Crippen LogP contribution in [0.4, 0.5) is 10.1 Å². The summed E-state index contributed by atoms with van der Waals surface area (Å²) in [6.07, 6.45) is 0.139. The van der Waals surface area contributed by atoms with Gasteiger partial charge in [-0.25, -0.2) is 9.29 Å². The molecule has 1 aliphatic heterocycles. The van der Waals surface area contributed by atoms with Crippen LogP contribution in [0.1, 0.15) is 12.0 Å². The number of nitrogens with two attached hydrogens (primary N) is 1. The summed E-state index contributed by atoms with van der Waals surface area (Å²) in [4.78, 5) is 25.9. The first-order chi connectivity index (χ1) is 11.6. The van der Waals surface area contributed by atoms with E-state index in [1.807, 2.05) is 0 Å². The maximum atomic E-state index is 13.2. The Bertz CT molecular complexity index is 761. The molecule has 24 heavy (non-hydrogen) atoms. The highest BCUT2D eigenvalue weighted by Gasteiger charge is 2.42. The number of nitrogens with zero attached hydrogens (tertiary/aromatic N) is 1. The van der Waals surface area contributed by atoms with Crippen molar-refractivity contribution in [1.29, 1.82) is 0 Å². The van der Waals surface area contributed by atoms with E-state index in [9.17, 15) is 14.0 Å². The van der Waals surface area contributed by atoms with E-state index in [0.717, 1.165) is 5.56 Å².